The van der Waals surface area contributed by atoms with E-state index in [1.807, 2.05) is 24.3 Å². The maximum Gasteiger partial charge on any atom is 0.225 e. The van der Waals surface area contributed by atoms with Crippen LogP contribution in [0, 0.1) is 17.9 Å². The van der Waals surface area contributed by atoms with Crippen LogP contribution in [0.5, 0.6) is 0 Å². The van der Waals surface area contributed by atoms with Crippen LogP contribution in [0.1, 0.15) is 32.6 Å². The molecule has 5 N–H and O–H groups in total. The van der Waals surface area contributed by atoms with Gasteiger partial charge < -0.3 is 26.2 Å². The first-order valence-electron chi connectivity index (χ1n) is 10.2. The second kappa shape index (κ2) is 10.4. The molecule has 1 saturated carbocycles. The van der Waals surface area contributed by atoms with Crippen LogP contribution < -0.4 is 16.4 Å². The van der Waals surface area contributed by atoms with Gasteiger partial charge in [0, 0.05) is 17.8 Å². The Balaban J connectivity index is 1.66. The van der Waals surface area contributed by atoms with Gasteiger partial charge in [-0.15, -0.1) is 0 Å². The molecular formula is C21H30N5O3. The third kappa shape index (κ3) is 5.77. The largest absolute Gasteiger partial charge is 0.394 e. The highest BCUT2D eigenvalue weighted by molar-refractivity contribution is 5.90. The minimum absolute atomic E-state index is 0.000163. The molecule has 2 aromatic rings. The molecule has 1 aliphatic rings. The number of fused-ring (bicyclic) bond motifs is 1. The van der Waals surface area contributed by atoms with E-state index < -0.39 is 0 Å². The summed E-state index contributed by atoms with van der Waals surface area (Å²) in [4.78, 5) is 20.7. The third-order valence-electron chi connectivity index (χ3n) is 5.43. The van der Waals surface area contributed by atoms with Gasteiger partial charge in [-0.2, -0.15) is 4.98 Å². The quantitative estimate of drug-likeness (QED) is 0.451. The number of ether oxygens (including phenoxy) is 1. The summed E-state index contributed by atoms with van der Waals surface area (Å²) < 4.78 is 5.31. The molecule has 0 saturated heterocycles. The van der Waals surface area contributed by atoms with Crippen LogP contribution in [0.4, 0.5) is 11.8 Å². The van der Waals surface area contributed by atoms with Gasteiger partial charge in [0.15, 0.2) is 0 Å². The molecule has 1 amide bonds. The zero-order chi connectivity index (χ0) is 20.6. The van der Waals surface area contributed by atoms with E-state index in [0.717, 1.165) is 48.4 Å². The number of carbonyl (C=O) groups excluding carboxylic acids is 1. The number of hydrogen-bond acceptors (Lipinski definition) is 7. The third-order valence-corrected chi connectivity index (χ3v) is 5.43. The summed E-state index contributed by atoms with van der Waals surface area (Å²) in [5.41, 5.74) is 6.29. The van der Waals surface area contributed by atoms with E-state index in [1.54, 1.807) is 0 Å². The van der Waals surface area contributed by atoms with Crippen LogP contribution >= 0.6 is 0 Å². The Bertz CT molecular complexity index is 808. The van der Waals surface area contributed by atoms with E-state index in [0.29, 0.717) is 31.6 Å². The Hall–Kier alpha value is -2.45. The maximum absolute atomic E-state index is 11.4. The number of hydrogen-bond donors (Lipinski definition) is 4. The second-order valence-corrected chi connectivity index (χ2v) is 7.43. The van der Waals surface area contributed by atoms with Gasteiger partial charge in [-0.05, 0) is 50.7 Å². The van der Waals surface area contributed by atoms with Gasteiger partial charge in [0.1, 0.15) is 5.82 Å². The molecule has 0 bridgehead atoms. The molecule has 0 aliphatic heterocycles. The smallest absolute Gasteiger partial charge is 0.225 e. The van der Waals surface area contributed by atoms with Crippen molar-refractivity contribution in [2.24, 2.45) is 17.6 Å². The fourth-order valence-corrected chi connectivity index (χ4v) is 3.76. The molecule has 0 unspecified atom stereocenters. The number of amides is 1. The number of aliphatic hydroxyl groups is 1. The van der Waals surface area contributed by atoms with Crippen LogP contribution in [0.15, 0.2) is 24.3 Å². The average Bonchev–Trinajstić information content (AvgIpc) is 2.73. The van der Waals surface area contributed by atoms with E-state index in [4.69, 9.17) is 15.6 Å². The number of nitrogens with one attached hydrogen (secondary N) is 2. The van der Waals surface area contributed by atoms with Gasteiger partial charge in [-0.3, -0.25) is 4.79 Å². The Morgan fingerprint density at radius 1 is 1.17 bits per heavy atom. The van der Waals surface area contributed by atoms with E-state index in [-0.39, 0.29) is 18.4 Å². The molecule has 1 heterocycles. The topological polar surface area (TPSA) is 122 Å². The molecule has 1 aromatic heterocycles. The number of aliphatic hydroxyl groups excluding tert-OH is 1. The van der Waals surface area contributed by atoms with Crippen molar-refractivity contribution in [3.8, 4) is 0 Å². The molecule has 157 valence electrons. The molecule has 1 aromatic carbocycles. The zero-order valence-corrected chi connectivity index (χ0v) is 16.9. The van der Waals surface area contributed by atoms with Crippen LogP contribution in [0.3, 0.4) is 0 Å². The monoisotopic (exact) mass is 400 g/mol. The van der Waals surface area contributed by atoms with E-state index >= 15 is 0 Å². The molecular weight excluding hydrogens is 370 g/mol. The van der Waals surface area contributed by atoms with Crippen molar-refractivity contribution in [2.75, 3.05) is 37.0 Å². The fourth-order valence-electron chi connectivity index (χ4n) is 3.76. The highest BCUT2D eigenvalue weighted by Crippen LogP contribution is 2.34. The van der Waals surface area contributed by atoms with Gasteiger partial charge in [-0.1, -0.05) is 12.1 Å². The normalized spacial score (nSPS) is 19.4. The zero-order valence-electron chi connectivity index (χ0n) is 16.9. The van der Waals surface area contributed by atoms with Crippen LogP contribution in [0.2, 0.25) is 0 Å². The van der Waals surface area contributed by atoms with Crippen molar-refractivity contribution in [3.63, 3.8) is 0 Å². The fraction of sp³-hybridized carbons (Fsp3) is 0.524. The minimum atomic E-state index is -0.189. The van der Waals surface area contributed by atoms with Gasteiger partial charge in [0.2, 0.25) is 11.9 Å². The highest BCUT2D eigenvalue weighted by atomic mass is 16.5. The Labute approximate surface area is 171 Å². The SMILES string of the molecule is C[C](Nc1nc(NCCOCCO)c2ccccc2n1)C1CCC(C(N)=O)CC1. The number of anilines is 2. The number of benzene rings is 1. The van der Waals surface area contributed by atoms with Gasteiger partial charge in [0.25, 0.3) is 0 Å². The lowest BCUT2D eigenvalue weighted by molar-refractivity contribution is -0.122. The Morgan fingerprint density at radius 2 is 1.90 bits per heavy atom. The average molecular weight is 401 g/mol. The molecule has 29 heavy (non-hydrogen) atoms. The predicted molar refractivity (Wildman–Crippen MR) is 113 cm³/mol. The molecule has 8 nitrogen and oxygen atoms in total. The summed E-state index contributed by atoms with van der Waals surface area (Å²) >= 11 is 0. The van der Waals surface area contributed by atoms with Crippen LogP contribution in [-0.4, -0.2) is 47.3 Å². The predicted octanol–water partition coefficient (Wildman–Crippen LogP) is 2.31. The first-order valence-corrected chi connectivity index (χ1v) is 10.2. The first kappa shape index (κ1) is 21.3. The number of carbonyl (C=O) groups is 1. The lowest BCUT2D eigenvalue weighted by Crippen LogP contribution is -2.30. The van der Waals surface area contributed by atoms with Crippen molar-refractivity contribution in [3.05, 3.63) is 30.3 Å². The molecule has 0 atom stereocenters. The van der Waals surface area contributed by atoms with Crippen molar-refractivity contribution in [2.45, 2.75) is 32.6 Å². The number of aromatic nitrogens is 2. The molecule has 1 aliphatic carbocycles. The number of para-hydroxylation sites is 1. The van der Waals surface area contributed by atoms with Gasteiger partial charge >= 0.3 is 0 Å². The summed E-state index contributed by atoms with van der Waals surface area (Å²) in [7, 11) is 0. The van der Waals surface area contributed by atoms with Crippen molar-refractivity contribution >= 4 is 28.6 Å². The Morgan fingerprint density at radius 3 is 2.62 bits per heavy atom. The maximum atomic E-state index is 11.4. The van der Waals surface area contributed by atoms with E-state index in [1.165, 1.54) is 0 Å². The van der Waals surface area contributed by atoms with Gasteiger partial charge in [-0.25, -0.2) is 4.98 Å². The molecule has 1 radical (unpaired) electrons. The standard InChI is InChI=1S/C21H30N5O3/c1-14(15-6-8-16(9-7-15)19(22)28)24-21-25-18-5-3-2-4-17(18)20(26-21)23-10-12-29-13-11-27/h2-5,15-16,27H,6-13H2,1H3,(H2,22,28)(H2,23,24,25,26). The van der Waals surface area contributed by atoms with Crippen molar-refractivity contribution < 1.29 is 14.6 Å². The number of nitrogens with two attached hydrogens (primary N) is 1. The number of nitrogens with zero attached hydrogens (tertiary/aromatic N) is 2. The van der Waals surface area contributed by atoms with Gasteiger partial charge in [0.05, 0.1) is 31.4 Å². The summed E-state index contributed by atoms with van der Waals surface area (Å²) in [6.07, 6.45) is 3.54. The van der Waals surface area contributed by atoms with Crippen molar-refractivity contribution in [1.29, 1.82) is 0 Å². The van der Waals surface area contributed by atoms with Crippen molar-refractivity contribution in [1.82, 2.24) is 9.97 Å². The second-order valence-electron chi connectivity index (χ2n) is 7.43. The lowest BCUT2D eigenvalue weighted by Gasteiger charge is -2.30. The highest BCUT2D eigenvalue weighted by Gasteiger charge is 2.28. The summed E-state index contributed by atoms with van der Waals surface area (Å²) in [5.74, 6) is 1.49. The molecule has 0 spiro atoms. The minimum Gasteiger partial charge on any atom is -0.394 e. The van der Waals surface area contributed by atoms with Crippen LogP contribution in [-0.2, 0) is 9.53 Å². The number of rotatable bonds is 10. The molecule has 3 rings (SSSR count). The van der Waals surface area contributed by atoms with E-state index in [9.17, 15) is 4.79 Å². The summed E-state index contributed by atoms with van der Waals surface area (Å²) in [5, 5.41) is 16.4. The van der Waals surface area contributed by atoms with E-state index in [2.05, 4.69) is 27.5 Å². The summed E-state index contributed by atoms with van der Waals surface area (Å²) in [6.45, 7) is 3.46. The first-order chi connectivity index (χ1) is 14.1. The molecule has 8 heteroatoms. The lowest BCUT2D eigenvalue weighted by atomic mass is 9.78. The molecule has 1 fully saturated rings. The number of primary amides is 1. The summed E-state index contributed by atoms with van der Waals surface area (Å²) in [6, 6.07) is 8.97. The Kier molecular flexibility index (Phi) is 7.60. The van der Waals surface area contributed by atoms with Crippen LogP contribution in [0.25, 0.3) is 10.9 Å².